The van der Waals surface area contributed by atoms with E-state index in [1.165, 1.54) is 25.3 Å². The highest BCUT2D eigenvalue weighted by Crippen LogP contribution is 2.32. The maximum atomic E-state index is 13.5. The molecule has 1 aliphatic rings. The van der Waals surface area contributed by atoms with E-state index in [4.69, 9.17) is 4.74 Å². The summed E-state index contributed by atoms with van der Waals surface area (Å²) in [5.74, 6) is -1.62. The Labute approximate surface area is 128 Å². The van der Waals surface area contributed by atoms with Crippen LogP contribution in [-0.4, -0.2) is 36.2 Å². The van der Waals surface area contributed by atoms with Gasteiger partial charge in [0.05, 0.1) is 24.2 Å². The molecular weight excluding hydrogens is 289 g/mol. The van der Waals surface area contributed by atoms with Crippen molar-refractivity contribution in [2.24, 2.45) is 5.92 Å². The second kappa shape index (κ2) is 6.87. The van der Waals surface area contributed by atoms with Crippen LogP contribution in [0.1, 0.15) is 36.0 Å². The monoisotopic (exact) mass is 309 g/mol. The third-order valence-corrected chi connectivity index (χ3v) is 4.15. The molecule has 1 amide bonds. The molecule has 0 saturated heterocycles. The summed E-state index contributed by atoms with van der Waals surface area (Å²) in [6.07, 6.45) is 1.81. The first-order valence-electron chi connectivity index (χ1n) is 7.28. The number of hydrogen-bond donors (Lipinski definition) is 2. The largest absolute Gasteiger partial charge is 0.469 e. The van der Waals surface area contributed by atoms with E-state index in [9.17, 15) is 19.1 Å². The molecule has 0 aromatic heterocycles. The normalized spacial score (nSPS) is 24.6. The molecule has 6 heteroatoms. The van der Waals surface area contributed by atoms with E-state index < -0.39 is 17.3 Å². The molecule has 1 aromatic carbocycles. The number of carbonyl (C=O) groups is 2. The Hall–Kier alpha value is -1.95. The Morgan fingerprint density at radius 1 is 1.36 bits per heavy atom. The van der Waals surface area contributed by atoms with Crippen LogP contribution in [0.3, 0.4) is 0 Å². The smallest absolute Gasteiger partial charge is 0.308 e. The molecule has 0 aliphatic heterocycles. The van der Waals surface area contributed by atoms with Crippen LogP contribution in [0.4, 0.5) is 4.39 Å². The summed E-state index contributed by atoms with van der Waals surface area (Å²) >= 11 is 0. The molecule has 0 spiro atoms. The van der Waals surface area contributed by atoms with Gasteiger partial charge >= 0.3 is 5.97 Å². The predicted octanol–water partition coefficient (Wildman–Crippen LogP) is 1.65. The molecule has 2 N–H and O–H groups in total. The van der Waals surface area contributed by atoms with Crippen LogP contribution in [0.25, 0.3) is 0 Å². The van der Waals surface area contributed by atoms with Crippen molar-refractivity contribution in [3.05, 3.63) is 35.6 Å². The SMILES string of the molecule is COC(=O)C1CCC(O)(CNC(=O)c2ccccc2F)CC1. The second-order valence-corrected chi connectivity index (χ2v) is 5.68. The molecule has 120 valence electrons. The van der Waals surface area contributed by atoms with Crippen molar-refractivity contribution in [3.8, 4) is 0 Å². The number of esters is 1. The van der Waals surface area contributed by atoms with Crippen molar-refractivity contribution in [3.63, 3.8) is 0 Å². The Morgan fingerprint density at radius 2 is 2.00 bits per heavy atom. The van der Waals surface area contributed by atoms with Gasteiger partial charge in [-0.15, -0.1) is 0 Å². The molecule has 1 fully saturated rings. The van der Waals surface area contributed by atoms with Crippen molar-refractivity contribution in [1.82, 2.24) is 5.32 Å². The molecule has 0 heterocycles. The fourth-order valence-corrected chi connectivity index (χ4v) is 2.72. The highest BCUT2D eigenvalue weighted by atomic mass is 19.1. The van der Waals surface area contributed by atoms with E-state index in [0.717, 1.165) is 0 Å². The average Bonchev–Trinajstić information content (AvgIpc) is 2.53. The number of ether oxygens (including phenoxy) is 1. The fourth-order valence-electron chi connectivity index (χ4n) is 2.72. The average molecular weight is 309 g/mol. The summed E-state index contributed by atoms with van der Waals surface area (Å²) in [7, 11) is 1.35. The van der Waals surface area contributed by atoms with Gasteiger partial charge in [-0.2, -0.15) is 0 Å². The summed E-state index contributed by atoms with van der Waals surface area (Å²) in [6, 6.07) is 5.69. The van der Waals surface area contributed by atoms with Crippen molar-refractivity contribution >= 4 is 11.9 Å². The zero-order valence-corrected chi connectivity index (χ0v) is 12.5. The Bertz CT molecular complexity index is 553. The van der Waals surface area contributed by atoms with Gasteiger partial charge in [-0.1, -0.05) is 12.1 Å². The number of methoxy groups -OCH3 is 1. The summed E-state index contributed by atoms with van der Waals surface area (Å²) in [5, 5.41) is 13.0. The molecule has 1 aliphatic carbocycles. The number of halogens is 1. The third-order valence-electron chi connectivity index (χ3n) is 4.15. The number of nitrogens with one attached hydrogen (secondary N) is 1. The van der Waals surface area contributed by atoms with Gasteiger partial charge in [0.2, 0.25) is 0 Å². The Balaban J connectivity index is 1.88. The van der Waals surface area contributed by atoms with Gasteiger partial charge in [0.25, 0.3) is 5.91 Å². The van der Waals surface area contributed by atoms with Crippen LogP contribution in [0.15, 0.2) is 24.3 Å². The standard InChI is InChI=1S/C16H20FNO4/c1-22-15(20)11-6-8-16(21,9-7-11)10-18-14(19)12-4-2-3-5-13(12)17/h2-5,11,21H,6-10H2,1H3,(H,18,19). The number of rotatable bonds is 4. The van der Waals surface area contributed by atoms with Crippen LogP contribution in [0.2, 0.25) is 0 Å². The van der Waals surface area contributed by atoms with Gasteiger partial charge in [-0.05, 0) is 37.8 Å². The zero-order chi connectivity index (χ0) is 16.2. The maximum Gasteiger partial charge on any atom is 0.308 e. The number of carbonyl (C=O) groups excluding carboxylic acids is 2. The summed E-state index contributed by atoms with van der Waals surface area (Å²) < 4.78 is 18.2. The number of benzene rings is 1. The lowest BCUT2D eigenvalue weighted by atomic mass is 9.78. The van der Waals surface area contributed by atoms with Crippen LogP contribution in [0.5, 0.6) is 0 Å². The molecule has 0 atom stereocenters. The summed E-state index contributed by atoms with van der Waals surface area (Å²) in [5.41, 5.74) is -1.11. The van der Waals surface area contributed by atoms with Gasteiger partial charge in [0, 0.05) is 6.54 Å². The third kappa shape index (κ3) is 3.82. The molecule has 1 aromatic rings. The molecular formula is C16H20FNO4. The topological polar surface area (TPSA) is 75.6 Å². The maximum absolute atomic E-state index is 13.5. The van der Waals surface area contributed by atoms with E-state index in [1.54, 1.807) is 6.07 Å². The molecule has 0 bridgehead atoms. The van der Waals surface area contributed by atoms with Crippen molar-refractivity contribution in [1.29, 1.82) is 0 Å². The van der Waals surface area contributed by atoms with E-state index >= 15 is 0 Å². The lowest BCUT2D eigenvalue weighted by Crippen LogP contribution is -2.46. The molecule has 1 saturated carbocycles. The number of aliphatic hydroxyl groups is 1. The van der Waals surface area contributed by atoms with E-state index in [2.05, 4.69) is 5.32 Å². The van der Waals surface area contributed by atoms with Gasteiger partial charge in [0.15, 0.2) is 0 Å². The predicted molar refractivity (Wildman–Crippen MR) is 77.7 cm³/mol. The molecule has 2 rings (SSSR count). The second-order valence-electron chi connectivity index (χ2n) is 5.68. The lowest BCUT2D eigenvalue weighted by molar-refractivity contribution is -0.148. The quantitative estimate of drug-likeness (QED) is 0.829. The van der Waals surface area contributed by atoms with Crippen LogP contribution in [0, 0.1) is 11.7 Å². The molecule has 0 unspecified atom stereocenters. The minimum Gasteiger partial charge on any atom is -0.469 e. The molecule has 22 heavy (non-hydrogen) atoms. The summed E-state index contributed by atoms with van der Waals surface area (Å²) in [6.45, 7) is 0.0358. The highest BCUT2D eigenvalue weighted by Gasteiger charge is 2.36. The van der Waals surface area contributed by atoms with Crippen molar-refractivity contribution < 1.29 is 23.8 Å². The Kier molecular flexibility index (Phi) is 5.13. The minimum atomic E-state index is -1.06. The molecule has 5 nitrogen and oxygen atoms in total. The van der Waals surface area contributed by atoms with Gasteiger partial charge in [-0.25, -0.2) is 4.39 Å². The van der Waals surface area contributed by atoms with E-state index in [-0.39, 0.29) is 24.0 Å². The van der Waals surface area contributed by atoms with Crippen LogP contribution in [-0.2, 0) is 9.53 Å². The van der Waals surface area contributed by atoms with Crippen LogP contribution >= 0.6 is 0 Å². The van der Waals surface area contributed by atoms with Crippen molar-refractivity contribution in [2.75, 3.05) is 13.7 Å². The number of amides is 1. The van der Waals surface area contributed by atoms with Gasteiger partial charge < -0.3 is 15.2 Å². The Morgan fingerprint density at radius 3 is 2.59 bits per heavy atom. The first-order chi connectivity index (χ1) is 10.4. The minimum absolute atomic E-state index is 0.0358. The van der Waals surface area contributed by atoms with Crippen LogP contribution < -0.4 is 5.32 Å². The van der Waals surface area contributed by atoms with E-state index in [1.807, 2.05) is 0 Å². The number of hydrogen-bond acceptors (Lipinski definition) is 4. The lowest BCUT2D eigenvalue weighted by Gasteiger charge is -2.35. The first-order valence-corrected chi connectivity index (χ1v) is 7.28. The first kappa shape index (κ1) is 16.4. The van der Waals surface area contributed by atoms with E-state index in [0.29, 0.717) is 25.7 Å². The van der Waals surface area contributed by atoms with Crippen molar-refractivity contribution in [2.45, 2.75) is 31.3 Å². The molecule has 0 radical (unpaired) electrons. The zero-order valence-electron chi connectivity index (χ0n) is 12.5. The van der Waals surface area contributed by atoms with Gasteiger partial charge in [-0.3, -0.25) is 9.59 Å². The summed E-state index contributed by atoms with van der Waals surface area (Å²) in [4.78, 5) is 23.4. The fraction of sp³-hybridized carbons (Fsp3) is 0.500. The highest BCUT2D eigenvalue weighted by molar-refractivity contribution is 5.94. The van der Waals surface area contributed by atoms with Gasteiger partial charge in [0.1, 0.15) is 5.82 Å².